The van der Waals surface area contributed by atoms with Gasteiger partial charge in [-0.25, -0.2) is 0 Å². The molecule has 0 saturated heterocycles. The molecule has 0 aliphatic carbocycles. The molecule has 1 heterocycles. The number of carbonyl (C=O) groups excluding carboxylic acids is 1. The molecule has 1 aromatic heterocycles. The quantitative estimate of drug-likeness (QED) is 0.780. The van der Waals surface area contributed by atoms with E-state index in [-0.39, 0.29) is 16.9 Å². The molecule has 1 amide bonds. The van der Waals surface area contributed by atoms with Crippen molar-refractivity contribution in [2.24, 2.45) is 0 Å². The highest BCUT2D eigenvalue weighted by Crippen LogP contribution is 2.07. The predicted octanol–water partition coefficient (Wildman–Crippen LogP) is 3.14. The first-order valence-electron chi connectivity index (χ1n) is 8.20. The van der Waals surface area contributed by atoms with Crippen molar-refractivity contribution in [1.82, 2.24) is 9.88 Å². The lowest BCUT2D eigenvalue weighted by molar-refractivity contribution is 0.0949. The van der Waals surface area contributed by atoms with Crippen molar-refractivity contribution in [3.8, 4) is 0 Å². The van der Waals surface area contributed by atoms with Gasteiger partial charge in [0.2, 0.25) is 0 Å². The lowest BCUT2D eigenvalue weighted by Gasteiger charge is -2.13. The van der Waals surface area contributed by atoms with Crippen molar-refractivity contribution in [3.05, 3.63) is 106 Å². The van der Waals surface area contributed by atoms with Crippen LogP contribution in [-0.2, 0) is 13.1 Å². The van der Waals surface area contributed by atoms with Gasteiger partial charge in [-0.15, -0.1) is 0 Å². The van der Waals surface area contributed by atoms with Crippen LogP contribution in [0.25, 0.3) is 0 Å². The molecule has 0 aliphatic heterocycles. The van der Waals surface area contributed by atoms with Crippen LogP contribution in [-0.4, -0.2) is 10.5 Å². The minimum Gasteiger partial charge on any atom is -0.348 e. The smallest absolute Gasteiger partial charge is 0.257 e. The maximum Gasteiger partial charge on any atom is 0.257 e. The Bertz CT molecular complexity index is 916. The summed E-state index contributed by atoms with van der Waals surface area (Å²) in [5.41, 5.74) is 2.84. The average molecular weight is 332 g/mol. The molecule has 3 aromatic rings. The highest BCUT2D eigenvalue weighted by Gasteiger charge is 2.12. The standard InChI is InChI=1S/C21H20N2O2/c1-16-12-20(24)19(15-23(16)14-18-10-6-3-7-11-18)21(25)22-13-17-8-4-2-5-9-17/h2-12,15H,13-14H2,1H3,(H,22,25). The molecule has 3 rings (SSSR count). The molecule has 1 N–H and O–H groups in total. The third kappa shape index (κ3) is 4.23. The normalized spacial score (nSPS) is 10.4. The number of carbonyl (C=O) groups is 1. The van der Waals surface area contributed by atoms with Crippen LogP contribution in [0.5, 0.6) is 0 Å². The Morgan fingerprint density at radius 3 is 2.20 bits per heavy atom. The summed E-state index contributed by atoms with van der Waals surface area (Å²) < 4.78 is 1.92. The number of aromatic nitrogens is 1. The van der Waals surface area contributed by atoms with Gasteiger partial charge in [-0.2, -0.15) is 0 Å². The summed E-state index contributed by atoms with van der Waals surface area (Å²) in [6, 6.07) is 21.1. The van der Waals surface area contributed by atoms with Crippen molar-refractivity contribution in [1.29, 1.82) is 0 Å². The molecule has 4 heteroatoms. The van der Waals surface area contributed by atoms with E-state index < -0.39 is 0 Å². The summed E-state index contributed by atoms with van der Waals surface area (Å²) in [7, 11) is 0. The maximum atomic E-state index is 12.4. The van der Waals surface area contributed by atoms with Gasteiger partial charge in [-0.3, -0.25) is 9.59 Å². The van der Waals surface area contributed by atoms with E-state index in [4.69, 9.17) is 0 Å². The van der Waals surface area contributed by atoms with Gasteiger partial charge >= 0.3 is 0 Å². The fourth-order valence-corrected chi connectivity index (χ4v) is 2.67. The largest absolute Gasteiger partial charge is 0.348 e. The molecule has 0 unspecified atom stereocenters. The van der Waals surface area contributed by atoms with Gasteiger partial charge in [0, 0.05) is 31.0 Å². The molecule has 2 aromatic carbocycles. The minimum atomic E-state index is -0.351. The molecule has 25 heavy (non-hydrogen) atoms. The first-order valence-corrected chi connectivity index (χ1v) is 8.20. The van der Waals surface area contributed by atoms with Crippen LogP contribution in [0.2, 0.25) is 0 Å². The van der Waals surface area contributed by atoms with Gasteiger partial charge in [0.15, 0.2) is 5.43 Å². The Morgan fingerprint density at radius 2 is 1.56 bits per heavy atom. The Morgan fingerprint density at radius 1 is 0.960 bits per heavy atom. The fourth-order valence-electron chi connectivity index (χ4n) is 2.67. The van der Waals surface area contributed by atoms with Crippen LogP contribution in [0.3, 0.4) is 0 Å². The first kappa shape index (κ1) is 16.7. The summed E-state index contributed by atoms with van der Waals surface area (Å²) >= 11 is 0. The van der Waals surface area contributed by atoms with E-state index >= 15 is 0 Å². The highest BCUT2D eigenvalue weighted by atomic mass is 16.2. The number of rotatable bonds is 5. The molecule has 0 aliphatic rings. The van der Waals surface area contributed by atoms with Crippen molar-refractivity contribution in [2.75, 3.05) is 0 Å². The summed E-state index contributed by atoms with van der Waals surface area (Å²) in [5, 5.41) is 2.81. The molecule has 0 spiro atoms. The van der Waals surface area contributed by atoms with Crippen LogP contribution >= 0.6 is 0 Å². The van der Waals surface area contributed by atoms with Gasteiger partial charge in [-0.05, 0) is 18.1 Å². The third-order valence-corrected chi connectivity index (χ3v) is 4.08. The molecule has 4 nitrogen and oxygen atoms in total. The van der Waals surface area contributed by atoms with E-state index in [1.54, 1.807) is 6.20 Å². The van der Waals surface area contributed by atoms with Crippen molar-refractivity contribution >= 4 is 5.91 Å². The molecule has 0 atom stereocenters. The fraction of sp³-hybridized carbons (Fsp3) is 0.143. The highest BCUT2D eigenvalue weighted by molar-refractivity contribution is 5.93. The van der Waals surface area contributed by atoms with Crippen molar-refractivity contribution in [3.63, 3.8) is 0 Å². The lowest BCUT2D eigenvalue weighted by atomic mass is 10.1. The SMILES string of the molecule is Cc1cc(=O)c(C(=O)NCc2ccccc2)cn1Cc1ccccc1. The lowest BCUT2D eigenvalue weighted by Crippen LogP contribution is -2.29. The second kappa shape index (κ2) is 7.62. The van der Waals surface area contributed by atoms with E-state index in [1.165, 1.54) is 6.07 Å². The Hall–Kier alpha value is -3.14. The number of pyridine rings is 1. The Labute approximate surface area is 146 Å². The van der Waals surface area contributed by atoms with Crippen LogP contribution < -0.4 is 10.7 Å². The summed E-state index contributed by atoms with van der Waals surface area (Å²) in [6.45, 7) is 2.88. The van der Waals surface area contributed by atoms with Crippen LogP contribution in [0.1, 0.15) is 27.2 Å². The van der Waals surface area contributed by atoms with Gasteiger partial charge in [0.1, 0.15) is 5.56 Å². The molecule has 0 radical (unpaired) electrons. The van der Waals surface area contributed by atoms with E-state index in [0.29, 0.717) is 13.1 Å². The summed E-state index contributed by atoms with van der Waals surface area (Å²) in [6.07, 6.45) is 1.64. The van der Waals surface area contributed by atoms with Gasteiger partial charge in [0.25, 0.3) is 5.91 Å². The Balaban J connectivity index is 1.79. The topological polar surface area (TPSA) is 51.1 Å². The second-order valence-electron chi connectivity index (χ2n) is 5.97. The zero-order valence-corrected chi connectivity index (χ0v) is 14.1. The number of aryl methyl sites for hydroxylation is 1. The third-order valence-electron chi connectivity index (χ3n) is 4.08. The first-order chi connectivity index (χ1) is 12.1. The van der Waals surface area contributed by atoms with Gasteiger partial charge < -0.3 is 9.88 Å². The number of nitrogens with one attached hydrogen (secondary N) is 1. The van der Waals surface area contributed by atoms with E-state index in [2.05, 4.69) is 5.32 Å². The molecule has 0 fully saturated rings. The summed E-state index contributed by atoms with van der Waals surface area (Å²) in [5.74, 6) is -0.351. The van der Waals surface area contributed by atoms with Crippen molar-refractivity contribution < 1.29 is 4.79 Å². The summed E-state index contributed by atoms with van der Waals surface area (Å²) in [4.78, 5) is 24.7. The van der Waals surface area contributed by atoms with Crippen LogP contribution in [0.4, 0.5) is 0 Å². The monoisotopic (exact) mass is 332 g/mol. The zero-order valence-electron chi connectivity index (χ0n) is 14.1. The van der Waals surface area contributed by atoms with Crippen molar-refractivity contribution in [2.45, 2.75) is 20.0 Å². The van der Waals surface area contributed by atoms with E-state index in [9.17, 15) is 9.59 Å². The van der Waals surface area contributed by atoms with E-state index in [1.807, 2.05) is 72.2 Å². The van der Waals surface area contributed by atoms with Gasteiger partial charge in [-0.1, -0.05) is 60.7 Å². The molecule has 0 saturated carbocycles. The number of amides is 1. The number of nitrogens with zero attached hydrogens (tertiary/aromatic N) is 1. The molecule has 126 valence electrons. The minimum absolute atomic E-state index is 0.164. The predicted molar refractivity (Wildman–Crippen MR) is 98.6 cm³/mol. The molecular weight excluding hydrogens is 312 g/mol. The number of hydrogen-bond donors (Lipinski definition) is 1. The Kier molecular flexibility index (Phi) is 5.09. The van der Waals surface area contributed by atoms with Crippen LogP contribution in [0.15, 0.2) is 77.7 Å². The maximum absolute atomic E-state index is 12.4. The van der Waals surface area contributed by atoms with E-state index in [0.717, 1.165) is 16.8 Å². The van der Waals surface area contributed by atoms with Crippen LogP contribution in [0, 0.1) is 6.92 Å². The average Bonchev–Trinajstić information content (AvgIpc) is 2.64. The molecule has 0 bridgehead atoms. The van der Waals surface area contributed by atoms with Gasteiger partial charge in [0.05, 0.1) is 0 Å². The number of benzene rings is 2. The zero-order chi connectivity index (χ0) is 17.6. The second-order valence-corrected chi connectivity index (χ2v) is 5.97. The molecular formula is C21H20N2O2. The number of hydrogen-bond acceptors (Lipinski definition) is 2.